The van der Waals surface area contributed by atoms with E-state index in [1.165, 1.54) is 12.3 Å². The van der Waals surface area contributed by atoms with Crippen LogP contribution in [-0.4, -0.2) is 5.91 Å². The molecule has 0 bridgehead atoms. The Kier molecular flexibility index (Phi) is 4.47. The molecule has 0 spiro atoms. The Morgan fingerprint density at radius 3 is 2.36 bits per heavy atom. The van der Waals surface area contributed by atoms with Gasteiger partial charge >= 0.3 is 6.18 Å². The lowest BCUT2D eigenvalue weighted by Gasteiger charge is -2.13. The van der Waals surface area contributed by atoms with E-state index in [0.717, 1.165) is 12.1 Å². The van der Waals surface area contributed by atoms with Crippen molar-refractivity contribution in [2.24, 2.45) is 0 Å². The highest BCUT2D eigenvalue weighted by Crippen LogP contribution is 2.33. The number of alkyl halides is 3. The first-order valence-corrected chi connectivity index (χ1v) is 7.31. The zero-order chi connectivity index (χ0) is 17.9. The van der Waals surface area contributed by atoms with Gasteiger partial charge in [-0.2, -0.15) is 13.2 Å². The van der Waals surface area contributed by atoms with Crippen LogP contribution >= 0.6 is 0 Å². The van der Waals surface area contributed by atoms with E-state index >= 15 is 0 Å². The monoisotopic (exact) mass is 346 g/mol. The number of carbonyl (C=O) groups is 1. The van der Waals surface area contributed by atoms with Crippen LogP contribution in [0.5, 0.6) is 0 Å². The molecule has 128 valence electrons. The Morgan fingerprint density at radius 2 is 1.72 bits per heavy atom. The van der Waals surface area contributed by atoms with Gasteiger partial charge in [0, 0.05) is 5.56 Å². The van der Waals surface area contributed by atoms with Crippen LogP contribution in [0.1, 0.15) is 15.9 Å². The van der Waals surface area contributed by atoms with Gasteiger partial charge in [-0.1, -0.05) is 18.2 Å². The van der Waals surface area contributed by atoms with Crippen molar-refractivity contribution in [3.63, 3.8) is 0 Å². The van der Waals surface area contributed by atoms with Crippen LogP contribution in [0, 0.1) is 0 Å². The highest BCUT2D eigenvalue weighted by atomic mass is 19.4. The van der Waals surface area contributed by atoms with Crippen molar-refractivity contribution in [1.29, 1.82) is 0 Å². The molecule has 0 fully saturated rings. The van der Waals surface area contributed by atoms with E-state index < -0.39 is 17.6 Å². The molecule has 3 aromatic rings. The Labute approximate surface area is 141 Å². The number of carbonyl (C=O) groups excluding carboxylic acids is 1. The first kappa shape index (κ1) is 16.6. The standard InChI is InChI=1S/C18H13F3N2O2/c19-18(20,21)12-8-9-14(16-7-4-10-25-16)15(11-12)17(24)23-22-13-5-2-1-3-6-13/h1-11,22H,(H,23,24). The molecule has 0 saturated carbocycles. The molecule has 0 aliphatic heterocycles. The van der Waals surface area contributed by atoms with Crippen LogP contribution in [0.3, 0.4) is 0 Å². The minimum atomic E-state index is -4.55. The molecule has 0 unspecified atom stereocenters. The smallest absolute Gasteiger partial charge is 0.416 e. The van der Waals surface area contributed by atoms with E-state index in [1.54, 1.807) is 42.5 Å². The largest absolute Gasteiger partial charge is 0.464 e. The Bertz CT molecular complexity index is 860. The van der Waals surface area contributed by atoms with Crippen LogP contribution in [0.2, 0.25) is 0 Å². The topological polar surface area (TPSA) is 54.3 Å². The number of furan rings is 1. The second-order valence-corrected chi connectivity index (χ2v) is 5.18. The van der Waals surface area contributed by atoms with E-state index in [9.17, 15) is 18.0 Å². The molecule has 7 heteroatoms. The van der Waals surface area contributed by atoms with Crippen molar-refractivity contribution in [3.8, 4) is 11.3 Å². The number of rotatable bonds is 4. The number of nitrogens with one attached hydrogen (secondary N) is 2. The number of benzene rings is 2. The summed E-state index contributed by atoms with van der Waals surface area (Å²) in [5.74, 6) is -0.403. The summed E-state index contributed by atoms with van der Waals surface area (Å²) in [6, 6.07) is 14.8. The van der Waals surface area contributed by atoms with Gasteiger partial charge in [-0.25, -0.2) is 0 Å². The summed E-state index contributed by atoms with van der Waals surface area (Å²) in [5, 5.41) is 0. The quantitative estimate of drug-likeness (QED) is 0.672. The summed E-state index contributed by atoms with van der Waals surface area (Å²) in [4.78, 5) is 12.4. The van der Waals surface area contributed by atoms with Crippen LogP contribution in [0.15, 0.2) is 71.3 Å². The maximum absolute atomic E-state index is 13.0. The van der Waals surface area contributed by atoms with E-state index in [0.29, 0.717) is 11.4 Å². The summed E-state index contributed by atoms with van der Waals surface area (Å²) in [7, 11) is 0. The van der Waals surface area contributed by atoms with Crippen LogP contribution in [0.4, 0.5) is 18.9 Å². The highest BCUT2D eigenvalue weighted by molar-refractivity contribution is 6.01. The molecule has 1 amide bonds. The number of para-hydroxylation sites is 1. The molecule has 1 heterocycles. The number of amides is 1. The van der Waals surface area contributed by atoms with Gasteiger partial charge in [0.2, 0.25) is 0 Å². The van der Waals surface area contributed by atoms with E-state index in [-0.39, 0.29) is 11.1 Å². The molecule has 0 aliphatic carbocycles. The average Bonchev–Trinajstić information content (AvgIpc) is 3.14. The lowest BCUT2D eigenvalue weighted by molar-refractivity contribution is -0.137. The molecule has 3 rings (SSSR count). The number of halogens is 3. The van der Waals surface area contributed by atoms with Gasteiger partial charge < -0.3 is 4.42 Å². The number of hydrogen-bond acceptors (Lipinski definition) is 3. The third-order valence-corrected chi connectivity index (χ3v) is 3.47. The van der Waals surface area contributed by atoms with Crippen molar-refractivity contribution >= 4 is 11.6 Å². The Morgan fingerprint density at radius 1 is 0.960 bits per heavy atom. The number of anilines is 1. The van der Waals surface area contributed by atoms with E-state index in [2.05, 4.69) is 10.9 Å². The zero-order valence-corrected chi connectivity index (χ0v) is 12.8. The summed E-state index contributed by atoms with van der Waals surface area (Å²) >= 11 is 0. The maximum atomic E-state index is 13.0. The summed E-state index contributed by atoms with van der Waals surface area (Å²) < 4.78 is 44.2. The number of hydrogen-bond donors (Lipinski definition) is 2. The molecule has 2 aromatic carbocycles. The lowest BCUT2D eigenvalue weighted by atomic mass is 10.0. The zero-order valence-electron chi connectivity index (χ0n) is 12.8. The molecule has 1 aromatic heterocycles. The van der Waals surface area contributed by atoms with Crippen LogP contribution in [-0.2, 0) is 6.18 Å². The number of hydrazine groups is 1. The fourth-order valence-electron chi connectivity index (χ4n) is 2.27. The SMILES string of the molecule is O=C(NNc1ccccc1)c1cc(C(F)(F)F)ccc1-c1ccco1. The van der Waals surface area contributed by atoms with Crippen molar-refractivity contribution in [3.05, 3.63) is 78.1 Å². The molecule has 0 radical (unpaired) electrons. The predicted octanol–water partition coefficient (Wildman–Crippen LogP) is 4.72. The first-order chi connectivity index (χ1) is 11.9. The third-order valence-electron chi connectivity index (χ3n) is 3.47. The van der Waals surface area contributed by atoms with Gasteiger partial charge in [0.1, 0.15) is 5.76 Å². The Balaban J connectivity index is 1.92. The van der Waals surface area contributed by atoms with Crippen molar-refractivity contribution in [1.82, 2.24) is 5.43 Å². The summed E-state index contributed by atoms with van der Waals surface area (Å²) in [6.07, 6.45) is -3.17. The maximum Gasteiger partial charge on any atom is 0.416 e. The fraction of sp³-hybridized carbons (Fsp3) is 0.0556. The van der Waals surface area contributed by atoms with E-state index in [1.807, 2.05) is 0 Å². The third kappa shape index (κ3) is 3.82. The van der Waals surface area contributed by atoms with Crippen LogP contribution in [0.25, 0.3) is 11.3 Å². The van der Waals surface area contributed by atoms with Crippen molar-refractivity contribution in [2.75, 3.05) is 5.43 Å². The lowest BCUT2D eigenvalue weighted by Crippen LogP contribution is -2.30. The minimum absolute atomic E-state index is 0.145. The second-order valence-electron chi connectivity index (χ2n) is 5.18. The molecular formula is C18H13F3N2O2. The Hall–Kier alpha value is -3.22. The van der Waals surface area contributed by atoms with Gasteiger partial charge in [-0.05, 0) is 42.5 Å². The van der Waals surface area contributed by atoms with Gasteiger partial charge in [0.15, 0.2) is 0 Å². The van der Waals surface area contributed by atoms with Crippen molar-refractivity contribution in [2.45, 2.75) is 6.18 Å². The molecule has 0 saturated heterocycles. The molecule has 0 atom stereocenters. The molecule has 25 heavy (non-hydrogen) atoms. The molecule has 2 N–H and O–H groups in total. The molecule has 4 nitrogen and oxygen atoms in total. The average molecular weight is 346 g/mol. The normalized spacial score (nSPS) is 11.2. The van der Waals surface area contributed by atoms with Crippen LogP contribution < -0.4 is 10.9 Å². The predicted molar refractivity (Wildman–Crippen MR) is 86.7 cm³/mol. The molecule has 0 aliphatic rings. The highest BCUT2D eigenvalue weighted by Gasteiger charge is 2.32. The van der Waals surface area contributed by atoms with Gasteiger partial charge in [-0.3, -0.25) is 15.6 Å². The summed E-state index contributed by atoms with van der Waals surface area (Å²) in [5.41, 5.74) is 4.87. The van der Waals surface area contributed by atoms with Gasteiger partial charge in [0.25, 0.3) is 5.91 Å². The van der Waals surface area contributed by atoms with Gasteiger partial charge in [0.05, 0.1) is 23.1 Å². The minimum Gasteiger partial charge on any atom is -0.464 e. The summed E-state index contributed by atoms with van der Waals surface area (Å²) in [6.45, 7) is 0. The first-order valence-electron chi connectivity index (χ1n) is 7.31. The van der Waals surface area contributed by atoms with Crippen molar-refractivity contribution < 1.29 is 22.4 Å². The molecular weight excluding hydrogens is 333 g/mol. The van der Waals surface area contributed by atoms with Gasteiger partial charge in [-0.15, -0.1) is 0 Å². The fourth-order valence-corrected chi connectivity index (χ4v) is 2.27. The van der Waals surface area contributed by atoms with E-state index in [4.69, 9.17) is 4.42 Å². The second kappa shape index (κ2) is 6.72.